The number of benzene rings is 1. The third kappa shape index (κ3) is 1.89. The van der Waals surface area contributed by atoms with E-state index in [4.69, 9.17) is 0 Å². The summed E-state index contributed by atoms with van der Waals surface area (Å²) in [6.07, 6.45) is 1.29. The first-order valence-electron chi connectivity index (χ1n) is 4.75. The van der Waals surface area contributed by atoms with Crippen LogP contribution in [0.5, 0.6) is 0 Å². The molecule has 70 valence electrons. The highest BCUT2D eigenvalue weighted by Gasteiger charge is 2.18. The Morgan fingerprint density at radius 2 is 2.31 bits per heavy atom. The summed E-state index contributed by atoms with van der Waals surface area (Å²) in [5, 5.41) is 3.42. The van der Waals surface area contributed by atoms with Gasteiger partial charge in [0.25, 0.3) is 0 Å². The van der Waals surface area contributed by atoms with Crippen molar-refractivity contribution in [3.8, 4) is 0 Å². The summed E-state index contributed by atoms with van der Waals surface area (Å²) in [5.74, 6) is 0.745. The van der Waals surface area contributed by atoms with E-state index in [2.05, 4.69) is 53.0 Å². The van der Waals surface area contributed by atoms with E-state index in [0.717, 1.165) is 12.5 Å². The summed E-state index contributed by atoms with van der Waals surface area (Å²) in [6, 6.07) is 6.62. The molecule has 1 atom stereocenters. The molecule has 1 heterocycles. The van der Waals surface area contributed by atoms with E-state index < -0.39 is 0 Å². The predicted octanol–water partition coefficient (Wildman–Crippen LogP) is 2.68. The van der Waals surface area contributed by atoms with Gasteiger partial charge in [-0.05, 0) is 65.6 Å². The van der Waals surface area contributed by atoms with Crippen molar-refractivity contribution >= 4 is 22.6 Å². The Balaban J connectivity index is 2.33. The van der Waals surface area contributed by atoms with Gasteiger partial charge in [0.05, 0.1) is 0 Å². The number of nitrogens with one attached hydrogen (secondary N) is 1. The highest BCUT2D eigenvalue weighted by molar-refractivity contribution is 14.1. The molecule has 1 N–H and O–H groups in total. The summed E-state index contributed by atoms with van der Waals surface area (Å²) in [7, 11) is 0. The molecule has 1 aliphatic heterocycles. The fraction of sp³-hybridized carbons (Fsp3) is 0.455. The summed E-state index contributed by atoms with van der Waals surface area (Å²) in [6.45, 7) is 4.56. The Morgan fingerprint density at radius 3 is 3.00 bits per heavy atom. The van der Waals surface area contributed by atoms with Gasteiger partial charge in [-0.3, -0.25) is 0 Å². The maximum atomic E-state index is 3.42. The van der Waals surface area contributed by atoms with Crippen LogP contribution < -0.4 is 5.32 Å². The van der Waals surface area contributed by atoms with Gasteiger partial charge in [0, 0.05) is 10.1 Å². The molecular formula is C11H14IN. The minimum atomic E-state index is 0.745. The van der Waals surface area contributed by atoms with Gasteiger partial charge in [0.1, 0.15) is 0 Å². The Hall–Kier alpha value is -0.0900. The Kier molecular flexibility index (Phi) is 2.89. The molecule has 2 rings (SSSR count). The maximum Gasteiger partial charge on any atom is 0.0162 e. The maximum absolute atomic E-state index is 3.42. The second-order valence-corrected chi connectivity index (χ2v) is 4.81. The number of hydrogen-bond donors (Lipinski definition) is 1. The van der Waals surface area contributed by atoms with Crippen LogP contribution in [0.3, 0.4) is 0 Å². The second-order valence-electron chi connectivity index (χ2n) is 3.64. The van der Waals surface area contributed by atoms with Crippen molar-refractivity contribution < 1.29 is 0 Å². The summed E-state index contributed by atoms with van der Waals surface area (Å²) in [4.78, 5) is 0. The molecule has 0 aromatic heterocycles. The van der Waals surface area contributed by atoms with E-state index >= 15 is 0 Å². The molecule has 2 heteroatoms. The molecule has 13 heavy (non-hydrogen) atoms. The third-order valence-corrected chi connectivity index (χ3v) is 3.98. The SMILES string of the molecule is Cc1c(I)cccc1[C@@H]1CCNC1. The lowest BCUT2D eigenvalue weighted by Gasteiger charge is -2.13. The molecule has 0 radical (unpaired) electrons. The molecule has 1 aromatic rings. The fourth-order valence-electron chi connectivity index (χ4n) is 1.99. The van der Waals surface area contributed by atoms with Crippen LogP contribution >= 0.6 is 22.6 Å². The Morgan fingerprint density at radius 1 is 1.46 bits per heavy atom. The van der Waals surface area contributed by atoms with Crippen LogP contribution in [0.4, 0.5) is 0 Å². The van der Waals surface area contributed by atoms with E-state index in [0.29, 0.717) is 0 Å². The second kappa shape index (κ2) is 3.96. The minimum Gasteiger partial charge on any atom is -0.316 e. The average Bonchev–Trinajstić information content (AvgIpc) is 2.62. The van der Waals surface area contributed by atoms with Gasteiger partial charge in [0.2, 0.25) is 0 Å². The normalized spacial score (nSPS) is 22.2. The minimum absolute atomic E-state index is 0.745. The topological polar surface area (TPSA) is 12.0 Å². The van der Waals surface area contributed by atoms with Crippen LogP contribution in [0.25, 0.3) is 0 Å². The molecule has 1 fully saturated rings. The summed E-state index contributed by atoms with van der Waals surface area (Å²) < 4.78 is 1.39. The zero-order valence-corrected chi connectivity index (χ0v) is 9.97. The van der Waals surface area contributed by atoms with Gasteiger partial charge >= 0.3 is 0 Å². The number of rotatable bonds is 1. The van der Waals surface area contributed by atoms with Crippen molar-refractivity contribution in [2.75, 3.05) is 13.1 Å². The van der Waals surface area contributed by atoms with Gasteiger partial charge in [0.15, 0.2) is 0 Å². The lowest BCUT2D eigenvalue weighted by molar-refractivity contribution is 0.756. The number of halogens is 1. The van der Waals surface area contributed by atoms with Crippen molar-refractivity contribution in [3.05, 3.63) is 32.9 Å². The van der Waals surface area contributed by atoms with E-state index in [1.54, 1.807) is 0 Å². The van der Waals surface area contributed by atoms with Crippen molar-refractivity contribution in [1.29, 1.82) is 0 Å². The predicted molar refractivity (Wildman–Crippen MR) is 64.1 cm³/mol. The van der Waals surface area contributed by atoms with Crippen molar-refractivity contribution in [2.24, 2.45) is 0 Å². The van der Waals surface area contributed by atoms with E-state index in [1.807, 2.05) is 0 Å². The lowest BCUT2D eigenvalue weighted by Crippen LogP contribution is -2.09. The van der Waals surface area contributed by atoms with Crippen LogP contribution in [-0.2, 0) is 0 Å². The smallest absolute Gasteiger partial charge is 0.0162 e. The van der Waals surface area contributed by atoms with Crippen molar-refractivity contribution in [1.82, 2.24) is 5.32 Å². The van der Waals surface area contributed by atoms with E-state index in [1.165, 1.54) is 27.7 Å². The molecule has 0 bridgehead atoms. The van der Waals surface area contributed by atoms with Crippen LogP contribution in [0, 0.1) is 10.5 Å². The molecule has 1 nitrogen and oxygen atoms in total. The first kappa shape index (κ1) is 9.46. The lowest BCUT2D eigenvalue weighted by atomic mass is 9.94. The molecule has 1 aromatic carbocycles. The number of hydrogen-bond acceptors (Lipinski definition) is 1. The quantitative estimate of drug-likeness (QED) is 0.783. The van der Waals surface area contributed by atoms with Gasteiger partial charge in [-0.25, -0.2) is 0 Å². The zero-order valence-electron chi connectivity index (χ0n) is 7.81. The van der Waals surface area contributed by atoms with Gasteiger partial charge in [-0.15, -0.1) is 0 Å². The highest BCUT2D eigenvalue weighted by Crippen LogP contribution is 2.27. The third-order valence-electron chi connectivity index (χ3n) is 2.81. The summed E-state index contributed by atoms with van der Waals surface area (Å²) in [5.41, 5.74) is 3.01. The van der Waals surface area contributed by atoms with Crippen LogP contribution in [0.15, 0.2) is 18.2 Å². The monoisotopic (exact) mass is 287 g/mol. The highest BCUT2D eigenvalue weighted by atomic mass is 127. The summed E-state index contributed by atoms with van der Waals surface area (Å²) >= 11 is 2.42. The molecule has 1 aliphatic rings. The van der Waals surface area contributed by atoms with E-state index in [9.17, 15) is 0 Å². The van der Waals surface area contributed by atoms with Gasteiger partial charge < -0.3 is 5.32 Å². The molecule has 0 spiro atoms. The van der Waals surface area contributed by atoms with Gasteiger partial charge in [-0.2, -0.15) is 0 Å². The first-order valence-corrected chi connectivity index (χ1v) is 5.82. The molecule has 1 saturated heterocycles. The molecule has 0 saturated carbocycles. The zero-order chi connectivity index (χ0) is 9.26. The molecule has 0 aliphatic carbocycles. The largest absolute Gasteiger partial charge is 0.316 e. The molecule has 0 unspecified atom stereocenters. The van der Waals surface area contributed by atoms with Crippen molar-refractivity contribution in [3.63, 3.8) is 0 Å². The fourth-order valence-corrected chi connectivity index (χ4v) is 2.51. The van der Waals surface area contributed by atoms with Crippen LogP contribution in [0.2, 0.25) is 0 Å². The van der Waals surface area contributed by atoms with Crippen molar-refractivity contribution in [2.45, 2.75) is 19.3 Å². The Labute approximate surface area is 93.1 Å². The van der Waals surface area contributed by atoms with Crippen LogP contribution in [-0.4, -0.2) is 13.1 Å². The standard InChI is InChI=1S/C11H14IN/c1-8-10(3-2-4-11(8)12)9-5-6-13-7-9/h2-4,9,13H,5-7H2,1H3/t9-/m1/s1. The molecule has 0 amide bonds. The van der Waals surface area contributed by atoms with Gasteiger partial charge in [-0.1, -0.05) is 12.1 Å². The van der Waals surface area contributed by atoms with Crippen LogP contribution in [0.1, 0.15) is 23.5 Å². The van der Waals surface area contributed by atoms with E-state index in [-0.39, 0.29) is 0 Å². The molecular weight excluding hydrogens is 273 g/mol. The average molecular weight is 287 g/mol. The Bertz CT molecular complexity index is 303. The first-order chi connectivity index (χ1) is 6.29.